The molecule has 0 aromatic heterocycles. The number of rotatable bonds is 4. The Morgan fingerprint density at radius 3 is 2.55 bits per heavy atom. The molecule has 1 N–H and O–H groups in total. The van der Waals surface area contributed by atoms with Crippen LogP contribution in [0.4, 0.5) is 0 Å². The van der Waals surface area contributed by atoms with Crippen LogP contribution in [-0.4, -0.2) is 6.54 Å². The maximum absolute atomic E-state index is 6.35. The Bertz CT molecular complexity index is 510. The minimum atomic E-state index is 0.525. The average Bonchev–Trinajstić information content (AvgIpc) is 2.86. The van der Waals surface area contributed by atoms with E-state index in [1.54, 1.807) is 0 Å². The molecule has 0 saturated heterocycles. The Morgan fingerprint density at radius 2 is 1.95 bits per heavy atom. The topological polar surface area (TPSA) is 12.0 Å². The van der Waals surface area contributed by atoms with Crippen LogP contribution >= 0.6 is 11.6 Å². The highest BCUT2D eigenvalue weighted by Crippen LogP contribution is 2.72. The summed E-state index contributed by atoms with van der Waals surface area (Å²) in [6.07, 6.45) is 4.52. The van der Waals surface area contributed by atoms with Gasteiger partial charge in [0.25, 0.3) is 0 Å². The van der Waals surface area contributed by atoms with Crippen molar-refractivity contribution in [3.8, 4) is 0 Å². The number of benzene rings is 1. The van der Waals surface area contributed by atoms with Gasteiger partial charge in [0.1, 0.15) is 0 Å². The molecule has 2 bridgehead atoms. The van der Waals surface area contributed by atoms with E-state index in [1.807, 2.05) is 0 Å². The molecule has 1 aromatic carbocycles. The first-order valence-corrected chi connectivity index (χ1v) is 8.58. The quantitative estimate of drug-likeness (QED) is 0.855. The van der Waals surface area contributed by atoms with E-state index in [0.717, 1.165) is 41.2 Å². The van der Waals surface area contributed by atoms with Crippen LogP contribution in [0, 0.1) is 36.5 Å². The second-order valence-electron chi connectivity index (χ2n) is 7.11. The SMILES string of the molecule is CCNC(c1ccc(C)c(Cl)c1)C1C2C3CCC(C3)C21. The van der Waals surface area contributed by atoms with Gasteiger partial charge in [-0.2, -0.15) is 0 Å². The second kappa shape index (κ2) is 4.74. The smallest absolute Gasteiger partial charge is 0.0438 e. The van der Waals surface area contributed by atoms with Gasteiger partial charge in [-0.25, -0.2) is 0 Å². The molecule has 1 nitrogen and oxygen atoms in total. The highest BCUT2D eigenvalue weighted by molar-refractivity contribution is 6.31. The lowest BCUT2D eigenvalue weighted by molar-refractivity contribution is 0.374. The second-order valence-corrected chi connectivity index (χ2v) is 7.52. The first-order valence-electron chi connectivity index (χ1n) is 8.20. The van der Waals surface area contributed by atoms with Crippen LogP contribution in [0.5, 0.6) is 0 Å². The predicted molar refractivity (Wildman–Crippen MR) is 83.9 cm³/mol. The highest BCUT2D eigenvalue weighted by Gasteiger charge is 2.66. The van der Waals surface area contributed by atoms with Crippen LogP contribution in [0.15, 0.2) is 18.2 Å². The Labute approximate surface area is 127 Å². The Kier molecular flexibility index (Phi) is 3.12. The van der Waals surface area contributed by atoms with Gasteiger partial charge in [-0.3, -0.25) is 0 Å². The first kappa shape index (κ1) is 13.2. The molecule has 5 unspecified atom stereocenters. The normalized spacial score (nSPS) is 38.9. The Hall–Kier alpha value is -0.530. The molecule has 3 aliphatic rings. The molecule has 0 heterocycles. The van der Waals surface area contributed by atoms with E-state index in [-0.39, 0.29) is 0 Å². The van der Waals surface area contributed by atoms with E-state index >= 15 is 0 Å². The zero-order valence-corrected chi connectivity index (χ0v) is 13.2. The molecule has 0 radical (unpaired) electrons. The van der Waals surface area contributed by atoms with Gasteiger partial charge in [-0.1, -0.05) is 30.7 Å². The van der Waals surface area contributed by atoms with Gasteiger partial charge < -0.3 is 5.32 Å². The maximum Gasteiger partial charge on any atom is 0.0438 e. The monoisotopic (exact) mass is 289 g/mol. The molecule has 1 aromatic rings. The summed E-state index contributed by atoms with van der Waals surface area (Å²) < 4.78 is 0. The molecule has 3 fully saturated rings. The maximum atomic E-state index is 6.35. The zero-order valence-electron chi connectivity index (χ0n) is 12.4. The number of nitrogens with one attached hydrogen (secondary N) is 1. The summed E-state index contributed by atoms with van der Waals surface area (Å²) in [4.78, 5) is 0. The standard InChI is InChI=1S/C18H24ClN/c1-3-20-18(13-5-4-10(2)14(19)9-13)17-15-11-6-7-12(8-11)16(15)17/h4-5,9,11-12,15-18,20H,3,6-8H2,1-2H3. The van der Waals surface area contributed by atoms with Crippen molar-refractivity contribution in [2.75, 3.05) is 6.54 Å². The highest BCUT2D eigenvalue weighted by atomic mass is 35.5. The van der Waals surface area contributed by atoms with Crippen LogP contribution in [-0.2, 0) is 0 Å². The molecule has 108 valence electrons. The van der Waals surface area contributed by atoms with E-state index in [0.29, 0.717) is 6.04 Å². The van der Waals surface area contributed by atoms with Gasteiger partial charge in [0.15, 0.2) is 0 Å². The lowest BCUT2D eigenvalue weighted by Crippen LogP contribution is -2.25. The number of halogens is 1. The number of fused-ring (bicyclic) bond motifs is 5. The van der Waals surface area contributed by atoms with E-state index in [4.69, 9.17) is 11.6 Å². The van der Waals surface area contributed by atoms with Crippen molar-refractivity contribution in [2.24, 2.45) is 29.6 Å². The number of hydrogen-bond donors (Lipinski definition) is 1. The van der Waals surface area contributed by atoms with Gasteiger partial charge >= 0.3 is 0 Å². The van der Waals surface area contributed by atoms with Crippen molar-refractivity contribution in [3.05, 3.63) is 34.3 Å². The molecule has 2 heteroatoms. The number of aryl methyl sites for hydroxylation is 1. The van der Waals surface area contributed by atoms with E-state index in [1.165, 1.54) is 30.4 Å². The van der Waals surface area contributed by atoms with Crippen molar-refractivity contribution >= 4 is 11.6 Å². The largest absolute Gasteiger partial charge is 0.310 e. The van der Waals surface area contributed by atoms with E-state index in [2.05, 4.69) is 37.4 Å². The molecule has 3 saturated carbocycles. The summed E-state index contributed by atoms with van der Waals surface area (Å²) in [7, 11) is 0. The van der Waals surface area contributed by atoms with Gasteiger partial charge in [0.2, 0.25) is 0 Å². The van der Waals surface area contributed by atoms with E-state index < -0.39 is 0 Å². The molecule has 3 aliphatic carbocycles. The predicted octanol–water partition coefficient (Wildman–Crippen LogP) is 4.59. The van der Waals surface area contributed by atoms with Crippen molar-refractivity contribution in [1.29, 1.82) is 0 Å². The summed E-state index contributed by atoms with van der Waals surface area (Å²) in [5, 5.41) is 4.66. The third-order valence-corrected chi connectivity index (χ3v) is 6.57. The molecule has 0 amide bonds. The Morgan fingerprint density at radius 1 is 1.25 bits per heavy atom. The van der Waals surface area contributed by atoms with Gasteiger partial charge in [-0.15, -0.1) is 0 Å². The third kappa shape index (κ3) is 1.86. The summed E-state index contributed by atoms with van der Waals surface area (Å²) in [5.74, 6) is 4.98. The summed E-state index contributed by atoms with van der Waals surface area (Å²) in [5.41, 5.74) is 2.59. The van der Waals surface area contributed by atoms with Crippen LogP contribution in [0.3, 0.4) is 0 Å². The molecule has 0 spiro atoms. The van der Waals surface area contributed by atoms with Crippen molar-refractivity contribution in [3.63, 3.8) is 0 Å². The van der Waals surface area contributed by atoms with Crippen LogP contribution in [0.1, 0.15) is 43.4 Å². The number of hydrogen-bond acceptors (Lipinski definition) is 1. The van der Waals surface area contributed by atoms with Gasteiger partial charge in [-0.05, 0) is 79.5 Å². The van der Waals surface area contributed by atoms with Crippen molar-refractivity contribution in [1.82, 2.24) is 5.32 Å². The van der Waals surface area contributed by atoms with Crippen LogP contribution in [0.25, 0.3) is 0 Å². The third-order valence-electron chi connectivity index (χ3n) is 6.16. The summed E-state index contributed by atoms with van der Waals surface area (Å²) in [6.45, 7) is 5.34. The molecule has 4 rings (SSSR count). The summed E-state index contributed by atoms with van der Waals surface area (Å²) in [6, 6.07) is 7.18. The van der Waals surface area contributed by atoms with Crippen molar-refractivity contribution in [2.45, 2.75) is 39.2 Å². The molecule has 5 atom stereocenters. The summed E-state index contributed by atoms with van der Waals surface area (Å²) >= 11 is 6.35. The van der Waals surface area contributed by atoms with Gasteiger partial charge in [0.05, 0.1) is 0 Å². The fraction of sp³-hybridized carbons (Fsp3) is 0.667. The fourth-order valence-electron chi connectivity index (χ4n) is 5.34. The van der Waals surface area contributed by atoms with Gasteiger partial charge in [0, 0.05) is 11.1 Å². The lowest BCUT2D eigenvalue weighted by atomic mass is 9.92. The average molecular weight is 290 g/mol. The first-order chi connectivity index (χ1) is 9.70. The minimum absolute atomic E-state index is 0.525. The molecule has 20 heavy (non-hydrogen) atoms. The minimum Gasteiger partial charge on any atom is -0.310 e. The lowest BCUT2D eigenvalue weighted by Gasteiger charge is -2.22. The fourth-order valence-corrected chi connectivity index (χ4v) is 5.53. The molecule has 0 aliphatic heterocycles. The van der Waals surface area contributed by atoms with Crippen LogP contribution < -0.4 is 5.32 Å². The van der Waals surface area contributed by atoms with Crippen LogP contribution in [0.2, 0.25) is 5.02 Å². The molecular weight excluding hydrogens is 266 g/mol. The Balaban J connectivity index is 1.61. The van der Waals surface area contributed by atoms with E-state index in [9.17, 15) is 0 Å². The zero-order chi connectivity index (χ0) is 13.9. The van der Waals surface area contributed by atoms with Crippen molar-refractivity contribution < 1.29 is 0 Å². The molecular formula is C18H24ClN.